The molecule has 2 aliphatic heterocycles. The zero-order chi connectivity index (χ0) is 21.2. The number of carbonyl (C=O) groups is 1. The van der Waals surface area contributed by atoms with Gasteiger partial charge >= 0.3 is 5.97 Å². The van der Waals surface area contributed by atoms with Gasteiger partial charge in [-0.1, -0.05) is 25.1 Å². The number of ether oxygens (including phenoxy) is 1. The Hall–Kier alpha value is -3.23. The molecule has 0 radical (unpaired) electrons. The zero-order valence-electron chi connectivity index (χ0n) is 16.6. The molecule has 0 aliphatic carbocycles. The molecular weight excluding hydrogens is 386 g/mol. The summed E-state index contributed by atoms with van der Waals surface area (Å²) in [4.78, 5) is 30.6. The number of cyclic esters (lactones) is 1. The second-order valence-electron chi connectivity index (χ2n) is 7.77. The van der Waals surface area contributed by atoms with Crippen LogP contribution >= 0.6 is 0 Å². The number of esters is 1. The van der Waals surface area contributed by atoms with Gasteiger partial charge in [-0.3, -0.25) is 4.79 Å². The Morgan fingerprint density at radius 1 is 1.33 bits per heavy atom. The summed E-state index contributed by atoms with van der Waals surface area (Å²) in [5.74, 6) is -0.805. The topological polar surface area (TPSA) is 114 Å². The standard InChI is InChI=1S/C22H21N3O5/c1-3-22(29)16-14(10-30-21(22)28)20(27)25-9-13-8-12-6-4-5-7-15(12)24-17(13)19(25)18(16)23-11(2)26/h4-8,11,23,26,29H,3,9-10H2,1-2H3/t11?,22-/m0/s1. The number of aliphatic hydroxyl groups excluding tert-OH is 1. The lowest BCUT2D eigenvalue weighted by Gasteiger charge is -2.34. The van der Waals surface area contributed by atoms with Gasteiger partial charge in [0.1, 0.15) is 12.8 Å². The number of para-hydroxylation sites is 1. The number of rotatable bonds is 3. The van der Waals surface area contributed by atoms with Crippen molar-refractivity contribution in [2.45, 2.75) is 45.2 Å². The predicted octanol–water partition coefficient (Wildman–Crippen LogP) is 1.83. The Morgan fingerprint density at radius 3 is 2.83 bits per heavy atom. The maximum atomic E-state index is 13.4. The van der Waals surface area contributed by atoms with Crippen LogP contribution in [0.2, 0.25) is 0 Å². The van der Waals surface area contributed by atoms with Crippen LogP contribution in [0.3, 0.4) is 0 Å². The number of nitrogens with one attached hydrogen (secondary N) is 1. The first-order valence-corrected chi connectivity index (χ1v) is 9.88. The number of benzene rings is 1. The van der Waals surface area contributed by atoms with Gasteiger partial charge < -0.3 is 24.8 Å². The Morgan fingerprint density at radius 2 is 2.10 bits per heavy atom. The molecule has 1 aromatic carbocycles. The number of hydrogen-bond acceptors (Lipinski definition) is 7. The Bertz CT molecular complexity index is 1280. The molecule has 154 valence electrons. The van der Waals surface area contributed by atoms with Gasteiger partial charge in [0, 0.05) is 16.5 Å². The summed E-state index contributed by atoms with van der Waals surface area (Å²) in [6, 6.07) is 9.64. The van der Waals surface area contributed by atoms with Crippen molar-refractivity contribution in [1.82, 2.24) is 9.55 Å². The smallest absolute Gasteiger partial charge is 0.343 e. The number of aliphatic hydroxyl groups is 2. The Balaban J connectivity index is 1.90. The second kappa shape index (κ2) is 6.38. The minimum absolute atomic E-state index is 0.0220. The molecule has 8 heteroatoms. The van der Waals surface area contributed by atoms with Crippen LogP contribution in [-0.2, 0) is 28.3 Å². The summed E-state index contributed by atoms with van der Waals surface area (Å²) in [6.45, 7) is 3.26. The quantitative estimate of drug-likeness (QED) is 0.351. The number of carbonyl (C=O) groups excluding carboxylic acids is 1. The van der Waals surface area contributed by atoms with E-state index in [1.54, 1.807) is 11.5 Å². The first kappa shape index (κ1) is 18.8. The molecule has 1 unspecified atom stereocenters. The van der Waals surface area contributed by atoms with Crippen molar-refractivity contribution in [2.24, 2.45) is 0 Å². The molecule has 0 saturated carbocycles. The summed E-state index contributed by atoms with van der Waals surface area (Å²) >= 11 is 0. The number of nitrogens with zero attached hydrogens (tertiary/aromatic N) is 2. The highest BCUT2D eigenvalue weighted by molar-refractivity contribution is 5.92. The van der Waals surface area contributed by atoms with E-state index in [2.05, 4.69) is 5.32 Å². The second-order valence-corrected chi connectivity index (χ2v) is 7.77. The fourth-order valence-electron chi connectivity index (χ4n) is 4.45. The average molecular weight is 407 g/mol. The van der Waals surface area contributed by atoms with Crippen LogP contribution in [-0.4, -0.2) is 32.0 Å². The van der Waals surface area contributed by atoms with Crippen molar-refractivity contribution >= 4 is 22.6 Å². The van der Waals surface area contributed by atoms with E-state index in [4.69, 9.17) is 9.72 Å². The molecule has 8 nitrogen and oxygen atoms in total. The molecule has 0 amide bonds. The van der Waals surface area contributed by atoms with Crippen molar-refractivity contribution in [3.05, 3.63) is 57.4 Å². The lowest BCUT2D eigenvalue weighted by molar-refractivity contribution is -0.172. The van der Waals surface area contributed by atoms with Crippen LogP contribution in [0.4, 0.5) is 5.69 Å². The Labute approximate surface area is 171 Å². The van der Waals surface area contributed by atoms with E-state index in [1.165, 1.54) is 6.92 Å². The highest BCUT2D eigenvalue weighted by atomic mass is 16.6. The largest absolute Gasteiger partial charge is 0.458 e. The summed E-state index contributed by atoms with van der Waals surface area (Å²) in [6.07, 6.45) is -0.964. The average Bonchev–Trinajstić information content (AvgIpc) is 3.10. The normalized spacial score (nSPS) is 20.3. The molecule has 0 bridgehead atoms. The van der Waals surface area contributed by atoms with Crippen LogP contribution in [0.15, 0.2) is 35.1 Å². The fourth-order valence-corrected chi connectivity index (χ4v) is 4.45. The third-order valence-electron chi connectivity index (χ3n) is 5.88. The van der Waals surface area contributed by atoms with Crippen molar-refractivity contribution in [3.8, 4) is 11.4 Å². The summed E-state index contributed by atoms with van der Waals surface area (Å²) in [7, 11) is 0. The molecule has 2 aromatic heterocycles. The third kappa shape index (κ3) is 2.44. The van der Waals surface area contributed by atoms with Gasteiger partial charge in [-0.25, -0.2) is 9.78 Å². The van der Waals surface area contributed by atoms with Crippen molar-refractivity contribution in [3.63, 3.8) is 0 Å². The minimum Gasteiger partial charge on any atom is -0.458 e. The van der Waals surface area contributed by atoms with Crippen LogP contribution in [0, 0.1) is 0 Å². The van der Waals surface area contributed by atoms with Crippen LogP contribution in [0.5, 0.6) is 0 Å². The van der Waals surface area contributed by atoms with Gasteiger partial charge in [-0.05, 0) is 25.5 Å². The molecule has 3 aromatic rings. The minimum atomic E-state index is -1.99. The highest BCUT2D eigenvalue weighted by Crippen LogP contribution is 2.45. The van der Waals surface area contributed by atoms with E-state index in [9.17, 15) is 19.8 Å². The van der Waals surface area contributed by atoms with Gasteiger partial charge in [0.05, 0.1) is 34.7 Å². The summed E-state index contributed by atoms with van der Waals surface area (Å²) < 4.78 is 6.71. The van der Waals surface area contributed by atoms with Crippen LogP contribution in [0.1, 0.15) is 37.0 Å². The number of hydrogen-bond donors (Lipinski definition) is 3. The predicted molar refractivity (Wildman–Crippen MR) is 110 cm³/mol. The SMILES string of the molecule is CC[C@@]1(O)C(=O)OCc2c1c(NC(C)O)c1n(c2=O)Cc2cc3ccccc3nc2-1. The van der Waals surface area contributed by atoms with E-state index < -0.39 is 17.8 Å². The summed E-state index contributed by atoms with van der Waals surface area (Å²) in [5.41, 5.74) is 1.07. The van der Waals surface area contributed by atoms with Crippen LogP contribution < -0.4 is 10.9 Å². The Kier molecular flexibility index (Phi) is 4.00. The lowest BCUT2D eigenvalue weighted by atomic mass is 9.84. The molecule has 0 spiro atoms. The van der Waals surface area contributed by atoms with Gasteiger partial charge in [-0.2, -0.15) is 0 Å². The highest BCUT2D eigenvalue weighted by Gasteiger charge is 2.48. The lowest BCUT2D eigenvalue weighted by Crippen LogP contribution is -2.45. The van der Waals surface area contributed by atoms with E-state index in [0.717, 1.165) is 16.5 Å². The van der Waals surface area contributed by atoms with Gasteiger partial charge in [-0.15, -0.1) is 0 Å². The summed E-state index contributed by atoms with van der Waals surface area (Å²) in [5, 5.41) is 25.2. The molecule has 3 N–H and O–H groups in total. The van der Waals surface area contributed by atoms with Crippen molar-refractivity contribution in [2.75, 3.05) is 5.32 Å². The van der Waals surface area contributed by atoms with E-state index in [1.807, 2.05) is 30.3 Å². The number of aromatic nitrogens is 2. The van der Waals surface area contributed by atoms with E-state index in [0.29, 0.717) is 23.6 Å². The van der Waals surface area contributed by atoms with Crippen LogP contribution in [0.25, 0.3) is 22.3 Å². The number of fused-ring (bicyclic) bond motifs is 5. The van der Waals surface area contributed by atoms with Gasteiger partial charge in [0.25, 0.3) is 5.56 Å². The first-order chi connectivity index (χ1) is 14.3. The molecule has 5 rings (SSSR count). The molecule has 30 heavy (non-hydrogen) atoms. The maximum absolute atomic E-state index is 13.4. The third-order valence-corrected chi connectivity index (χ3v) is 5.88. The molecule has 0 saturated heterocycles. The molecule has 4 heterocycles. The van der Waals surface area contributed by atoms with Gasteiger partial charge in [0.15, 0.2) is 5.60 Å². The molecular formula is C22H21N3O5. The fraction of sp³-hybridized carbons (Fsp3) is 0.318. The molecule has 2 atom stereocenters. The first-order valence-electron chi connectivity index (χ1n) is 9.88. The van der Waals surface area contributed by atoms with Crippen molar-refractivity contribution in [1.29, 1.82) is 0 Å². The van der Waals surface area contributed by atoms with E-state index >= 15 is 0 Å². The maximum Gasteiger partial charge on any atom is 0.343 e. The number of pyridine rings is 2. The zero-order valence-corrected chi connectivity index (χ0v) is 16.6. The monoisotopic (exact) mass is 407 g/mol. The van der Waals surface area contributed by atoms with Crippen molar-refractivity contribution < 1.29 is 19.7 Å². The van der Waals surface area contributed by atoms with Gasteiger partial charge in [0.2, 0.25) is 0 Å². The van der Waals surface area contributed by atoms with E-state index in [-0.39, 0.29) is 29.7 Å². The molecule has 2 aliphatic rings. The number of anilines is 1. The molecule has 0 fully saturated rings.